The second-order valence-electron chi connectivity index (χ2n) is 4.94. The number of benzene rings is 1. The van der Waals surface area contributed by atoms with E-state index in [1.807, 2.05) is 36.1 Å². The lowest BCUT2D eigenvalue weighted by Crippen LogP contribution is -2.02. The highest BCUT2D eigenvalue weighted by Gasteiger charge is 2.08. The number of nitrogens with two attached hydrogens (primary N) is 1. The molecule has 0 amide bonds. The van der Waals surface area contributed by atoms with Crippen molar-refractivity contribution in [3.63, 3.8) is 0 Å². The van der Waals surface area contributed by atoms with Crippen LogP contribution in [0.25, 0.3) is 5.69 Å². The highest BCUT2D eigenvalue weighted by Crippen LogP contribution is 2.15. The Bertz CT molecular complexity index is 716. The van der Waals surface area contributed by atoms with Crippen LogP contribution >= 0.6 is 0 Å². The average molecular weight is 279 g/mol. The molecule has 0 unspecified atom stereocenters. The van der Waals surface area contributed by atoms with Crippen molar-refractivity contribution in [2.24, 2.45) is 5.73 Å². The maximum absolute atomic E-state index is 5.63. The van der Waals surface area contributed by atoms with Crippen LogP contribution in [0.2, 0.25) is 0 Å². The van der Waals surface area contributed by atoms with Crippen molar-refractivity contribution in [1.82, 2.24) is 20.0 Å². The predicted octanol–water partition coefficient (Wildman–Crippen LogP) is 2.02. The van der Waals surface area contributed by atoms with Crippen LogP contribution in [0, 0.1) is 6.92 Å². The molecule has 0 saturated heterocycles. The molecule has 106 valence electrons. The Kier molecular flexibility index (Phi) is 3.75. The van der Waals surface area contributed by atoms with E-state index in [1.165, 1.54) is 11.1 Å². The lowest BCUT2D eigenvalue weighted by molar-refractivity contribution is 0.782. The zero-order valence-electron chi connectivity index (χ0n) is 11.9. The van der Waals surface area contributed by atoms with Crippen LogP contribution in [-0.2, 0) is 13.0 Å². The van der Waals surface area contributed by atoms with Gasteiger partial charge in [0.1, 0.15) is 0 Å². The first kappa shape index (κ1) is 13.5. The van der Waals surface area contributed by atoms with Crippen LogP contribution in [0.15, 0.2) is 48.8 Å². The molecule has 0 aliphatic rings. The van der Waals surface area contributed by atoms with Crippen molar-refractivity contribution < 1.29 is 0 Å². The van der Waals surface area contributed by atoms with Crippen LogP contribution in [0.4, 0.5) is 0 Å². The summed E-state index contributed by atoms with van der Waals surface area (Å²) >= 11 is 0. The summed E-state index contributed by atoms with van der Waals surface area (Å²) in [7, 11) is 0. The van der Waals surface area contributed by atoms with Crippen LogP contribution in [0.1, 0.15) is 22.5 Å². The molecule has 5 heteroatoms. The normalized spacial score (nSPS) is 10.8. The number of pyridine rings is 1. The van der Waals surface area contributed by atoms with Crippen molar-refractivity contribution in [2.75, 3.05) is 0 Å². The summed E-state index contributed by atoms with van der Waals surface area (Å²) in [5, 5.41) is 8.23. The van der Waals surface area contributed by atoms with Gasteiger partial charge < -0.3 is 5.73 Å². The predicted molar refractivity (Wildman–Crippen MR) is 81.0 cm³/mol. The summed E-state index contributed by atoms with van der Waals surface area (Å²) in [6.45, 7) is 2.39. The standard InChI is InChI=1S/C16H17N5/c1-12-16(11-17)19-20-21(12)15-4-2-13(3-5-15)10-14-6-8-18-9-7-14/h2-9H,10-11,17H2,1H3. The number of nitrogens with zero attached hydrogens (tertiary/aromatic N) is 4. The molecule has 3 rings (SSSR count). The Hall–Kier alpha value is -2.53. The van der Waals surface area contributed by atoms with Gasteiger partial charge >= 0.3 is 0 Å². The third-order valence-corrected chi connectivity index (χ3v) is 3.52. The van der Waals surface area contributed by atoms with E-state index in [-0.39, 0.29) is 0 Å². The van der Waals surface area contributed by atoms with Gasteiger partial charge in [0.2, 0.25) is 0 Å². The molecule has 0 bridgehead atoms. The van der Waals surface area contributed by atoms with Crippen molar-refractivity contribution >= 4 is 0 Å². The van der Waals surface area contributed by atoms with E-state index in [4.69, 9.17) is 5.73 Å². The van der Waals surface area contributed by atoms with Crippen LogP contribution in [0.5, 0.6) is 0 Å². The first-order valence-electron chi connectivity index (χ1n) is 6.87. The van der Waals surface area contributed by atoms with E-state index in [0.29, 0.717) is 6.54 Å². The number of rotatable bonds is 4. The summed E-state index contributed by atoms with van der Waals surface area (Å²) in [6.07, 6.45) is 4.53. The highest BCUT2D eigenvalue weighted by atomic mass is 15.4. The van der Waals surface area contributed by atoms with E-state index < -0.39 is 0 Å². The average Bonchev–Trinajstić information content (AvgIpc) is 2.90. The Morgan fingerprint density at radius 2 is 1.67 bits per heavy atom. The summed E-state index contributed by atoms with van der Waals surface area (Å²) in [6, 6.07) is 12.4. The van der Waals surface area contributed by atoms with Gasteiger partial charge in [-0.1, -0.05) is 17.3 Å². The molecule has 0 fully saturated rings. The largest absolute Gasteiger partial charge is 0.325 e. The third kappa shape index (κ3) is 2.83. The minimum absolute atomic E-state index is 0.409. The van der Waals surface area contributed by atoms with E-state index >= 15 is 0 Å². The van der Waals surface area contributed by atoms with Crippen molar-refractivity contribution in [1.29, 1.82) is 0 Å². The van der Waals surface area contributed by atoms with E-state index in [9.17, 15) is 0 Å². The molecule has 0 radical (unpaired) electrons. The Balaban J connectivity index is 1.82. The van der Waals surface area contributed by atoms with E-state index in [0.717, 1.165) is 23.5 Å². The second kappa shape index (κ2) is 5.85. The zero-order valence-corrected chi connectivity index (χ0v) is 11.9. The molecular formula is C16H17N5. The monoisotopic (exact) mass is 279 g/mol. The first-order valence-corrected chi connectivity index (χ1v) is 6.87. The zero-order chi connectivity index (χ0) is 14.7. The smallest absolute Gasteiger partial charge is 0.0996 e. The van der Waals surface area contributed by atoms with Gasteiger partial charge in [-0.25, -0.2) is 4.68 Å². The Morgan fingerprint density at radius 1 is 1.00 bits per heavy atom. The van der Waals surface area contributed by atoms with Crippen molar-refractivity contribution in [2.45, 2.75) is 19.9 Å². The van der Waals surface area contributed by atoms with Gasteiger partial charge in [-0.15, -0.1) is 5.10 Å². The van der Waals surface area contributed by atoms with Gasteiger partial charge in [0, 0.05) is 18.9 Å². The fourth-order valence-corrected chi connectivity index (χ4v) is 2.29. The number of hydrogen-bond acceptors (Lipinski definition) is 4. The molecule has 2 heterocycles. The summed E-state index contributed by atoms with van der Waals surface area (Å²) in [4.78, 5) is 4.03. The second-order valence-corrected chi connectivity index (χ2v) is 4.94. The maximum Gasteiger partial charge on any atom is 0.0996 e. The van der Waals surface area contributed by atoms with Gasteiger partial charge in [0.05, 0.1) is 17.1 Å². The summed E-state index contributed by atoms with van der Waals surface area (Å²) in [5.41, 5.74) is 10.9. The third-order valence-electron chi connectivity index (χ3n) is 3.52. The molecule has 0 saturated carbocycles. The van der Waals surface area contributed by atoms with Gasteiger partial charge in [0.25, 0.3) is 0 Å². The van der Waals surface area contributed by atoms with Gasteiger partial charge in [-0.3, -0.25) is 4.98 Å². The minimum atomic E-state index is 0.409. The fraction of sp³-hybridized carbons (Fsp3) is 0.188. The molecule has 5 nitrogen and oxygen atoms in total. The minimum Gasteiger partial charge on any atom is -0.325 e. The lowest BCUT2D eigenvalue weighted by Gasteiger charge is -2.06. The molecule has 2 N–H and O–H groups in total. The topological polar surface area (TPSA) is 69.6 Å². The molecule has 1 aromatic carbocycles. The quantitative estimate of drug-likeness (QED) is 0.793. The van der Waals surface area contributed by atoms with Crippen LogP contribution < -0.4 is 5.73 Å². The Morgan fingerprint density at radius 3 is 2.29 bits per heavy atom. The summed E-state index contributed by atoms with van der Waals surface area (Å²) in [5.74, 6) is 0. The van der Waals surface area contributed by atoms with Gasteiger partial charge in [-0.2, -0.15) is 0 Å². The molecule has 2 aromatic heterocycles. The number of aromatic nitrogens is 4. The summed E-state index contributed by atoms with van der Waals surface area (Å²) < 4.78 is 1.82. The molecule has 0 spiro atoms. The maximum atomic E-state index is 5.63. The van der Waals surface area contributed by atoms with E-state index in [2.05, 4.69) is 39.6 Å². The molecule has 0 aliphatic carbocycles. The highest BCUT2D eigenvalue weighted by molar-refractivity contribution is 5.37. The Labute approximate surface area is 123 Å². The molecule has 3 aromatic rings. The first-order chi connectivity index (χ1) is 10.3. The van der Waals surface area contributed by atoms with Gasteiger partial charge in [0.15, 0.2) is 0 Å². The molecule has 0 aliphatic heterocycles. The fourth-order valence-electron chi connectivity index (χ4n) is 2.29. The van der Waals surface area contributed by atoms with Gasteiger partial charge in [-0.05, 0) is 48.7 Å². The molecule has 21 heavy (non-hydrogen) atoms. The lowest BCUT2D eigenvalue weighted by atomic mass is 10.1. The van der Waals surface area contributed by atoms with E-state index in [1.54, 1.807) is 0 Å². The number of hydrogen-bond donors (Lipinski definition) is 1. The SMILES string of the molecule is Cc1c(CN)nnn1-c1ccc(Cc2ccncc2)cc1. The van der Waals surface area contributed by atoms with Crippen LogP contribution in [-0.4, -0.2) is 20.0 Å². The molecule has 0 atom stereocenters. The van der Waals surface area contributed by atoms with Crippen LogP contribution in [0.3, 0.4) is 0 Å². The molecular weight excluding hydrogens is 262 g/mol. The van der Waals surface area contributed by atoms with Crippen molar-refractivity contribution in [3.05, 3.63) is 71.3 Å². The van der Waals surface area contributed by atoms with Crippen molar-refractivity contribution in [3.8, 4) is 5.69 Å².